The molecule has 0 spiro atoms. The third-order valence-corrected chi connectivity index (χ3v) is 3.66. The van der Waals surface area contributed by atoms with Crippen LogP contribution in [0.5, 0.6) is 0 Å². The quantitative estimate of drug-likeness (QED) is 0.492. The van der Waals surface area contributed by atoms with Crippen LogP contribution in [-0.4, -0.2) is 23.9 Å². The Morgan fingerprint density at radius 1 is 1.32 bits per heavy atom. The van der Waals surface area contributed by atoms with Crippen molar-refractivity contribution in [3.8, 4) is 0 Å². The molecule has 5 heteroatoms. The number of likely N-dealkylation sites (tertiary alicyclic amines) is 1. The molecule has 0 atom stereocenters. The molecule has 0 aliphatic carbocycles. The van der Waals surface area contributed by atoms with Crippen LogP contribution in [0.3, 0.4) is 0 Å². The summed E-state index contributed by atoms with van der Waals surface area (Å²) in [5, 5.41) is 0. The number of hydrazine groups is 1. The van der Waals surface area contributed by atoms with Crippen LogP contribution in [0.2, 0.25) is 0 Å². The first-order valence-electron chi connectivity index (χ1n) is 6.63. The van der Waals surface area contributed by atoms with Crippen molar-refractivity contribution in [1.29, 1.82) is 0 Å². The highest BCUT2D eigenvalue weighted by Crippen LogP contribution is 2.21. The number of halogens is 1. The number of hydrogen-bond donors (Lipinski definition) is 2. The van der Waals surface area contributed by atoms with Gasteiger partial charge in [0.2, 0.25) is 5.91 Å². The third-order valence-electron chi connectivity index (χ3n) is 3.66. The molecule has 1 aliphatic heterocycles. The molecule has 0 aromatic heterocycles. The lowest BCUT2D eigenvalue weighted by atomic mass is 9.93. The van der Waals surface area contributed by atoms with Gasteiger partial charge in [-0.1, -0.05) is 12.1 Å². The molecule has 1 aromatic carbocycles. The summed E-state index contributed by atoms with van der Waals surface area (Å²) < 4.78 is 12.8. The van der Waals surface area contributed by atoms with Gasteiger partial charge < -0.3 is 0 Å². The van der Waals surface area contributed by atoms with Gasteiger partial charge in [0.05, 0.1) is 0 Å². The molecule has 1 aromatic rings. The number of rotatable bonds is 4. The number of nitrogens with two attached hydrogens (primary N) is 1. The molecule has 1 amide bonds. The zero-order valence-corrected chi connectivity index (χ0v) is 10.9. The Kier molecular flexibility index (Phi) is 4.87. The van der Waals surface area contributed by atoms with Crippen molar-refractivity contribution in [1.82, 2.24) is 10.3 Å². The van der Waals surface area contributed by atoms with Gasteiger partial charge in [-0.3, -0.25) is 15.1 Å². The number of benzene rings is 1. The fourth-order valence-corrected chi connectivity index (χ4v) is 2.52. The maximum atomic E-state index is 12.8. The summed E-state index contributed by atoms with van der Waals surface area (Å²) in [5.41, 5.74) is 3.31. The number of carbonyl (C=O) groups is 1. The van der Waals surface area contributed by atoms with Gasteiger partial charge in [0.1, 0.15) is 5.82 Å². The highest BCUT2D eigenvalue weighted by atomic mass is 19.1. The summed E-state index contributed by atoms with van der Waals surface area (Å²) in [7, 11) is 0. The number of hydrogen-bond acceptors (Lipinski definition) is 3. The second-order valence-corrected chi connectivity index (χ2v) is 5.12. The van der Waals surface area contributed by atoms with Crippen LogP contribution in [-0.2, 0) is 11.3 Å². The van der Waals surface area contributed by atoms with E-state index in [2.05, 4.69) is 10.3 Å². The minimum Gasteiger partial charge on any atom is -0.299 e. The van der Waals surface area contributed by atoms with E-state index < -0.39 is 0 Å². The van der Waals surface area contributed by atoms with E-state index in [1.165, 1.54) is 12.1 Å². The predicted molar refractivity (Wildman–Crippen MR) is 71.3 cm³/mol. The molecule has 104 valence electrons. The van der Waals surface area contributed by atoms with Crippen molar-refractivity contribution in [2.24, 2.45) is 11.8 Å². The van der Waals surface area contributed by atoms with E-state index in [0.29, 0.717) is 12.3 Å². The van der Waals surface area contributed by atoms with Crippen LogP contribution in [0, 0.1) is 11.7 Å². The SMILES string of the molecule is NNC(=O)CC1CCN(Cc2ccc(F)cc2)CC1. The Bertz CT molecular complexity index is 413. The Morgan fingerprint density at radius 2 is 1.95 bits per heavy atom. The van der Waals surface area contributed by atoms with E-state index in [1.54, 1.807) is 0 Å². The molecule has 19 heavy (non-hydrogen) atoms. The van der Waals surface area contributed by atoms with E-state index >= 15 is 0 Å². The third kappa shape index (κ3) is 4.29. The van der Waals surface area contributed by atoms with Crippen molar-refractivity contribution >= 4 is 5.91 Å². The largest absolute Gasteiger partial charge is 0.299 e. The van der Waals surface area contributed by atoms with Gasteiger partial charge in [0.25, 0.3) is 0 Å². The molecule has 1 aliphatic rings. The zero-order valence-electron chi connectivity index (χ0n) is 10.9. The molecular weight excluding hydrogens is 245 g/mol. The normalized spacial score (nSPS) is 17.4. The molecule has 1 fully saturated rings. The number of nitrogens with one attached hydrogen (secondary N) is 1. The second kappa shape index (κ2) is 6.63. The average molecular weight is 265 g/mol. The van der Waals surface area contributed by atoms with E-state index in [-0.39, 0.29) is 11.7 Å². The number of amides is 1. The summed E-state index contributed by atoms with van der Waals surface area (Å²) in [6.07, 6.45) is 2.53. The van der Waals surface area contributed by atoms with Gasteiger partial charge in [-0.25, -0.2) is 10.2 Å². The lowest BCUT2D eigenvalue weighted by Gasteiger charge is -2.31. The first-order valence-corrected chi connectivity index (χ1v) is 6.63. The first kappa shape index (κ1) is 14.0. The number of carbonyl (C=O) groups excluding carboxylic acids is 1. The first-order chi connectivity index (χ1) is 9.17. The number of nitrogens with zero attached hydrogens (tertiary/aromatic N) is 1. The van der Waals surface area contributed by atoms with Crippen molar-refractivity contribution in [3.05, 3.63) is 35.6 Å². The maximum absolute atomic E-state index is 12.8. The predicted octanol–water partition coefficient (Wildman–Crippen LogP) is 1.42. The highest BCUT2D eigenvalue weighted by Gasteiger charge is 2.21. The standard InChI is InChI=1S/C14H20FN3O/c15-13-3-1-12(2-4-13)10-18-7-5-11(6-8-18)9-14(19)17-16/h1-4,11H,5-10,16H2,(H,17,19). The minimum absolute atomic E-state index is 0.0861. The topological polar surface area (TPSA) is 58.4 Å². The van der Waals surface area contributed by atoms with E-state index in [9.17, 15) is 9.18 Å². The summed E-state index contributed by atoms with van der Waals surface area (Å²) in [5.74, 6) is 5.23. The molecule has 1 saturated heterocycles. The van der Waals surface area contributed by atoms with Crippen LogP contribution < -0.4 is 11.3 Å². The van der Waals surface area contributed by atoms with Crippen molar-refractivity contribution in [2.45, 2.75) is 25.8 Å². The number of piperidine rings is 1. The van der Waals surface area contributed by atoms with Crippen LogP contribution in [0.25, 0.3) is 0 Å². The van der Waals surface area contributed by atoms with Crippen LogP contribution in [0.4, 0.5) is 4.39 Å². The molecule has 1 heterocycles. The summed E-state index contributed by atoms with van der Waals surface area (Å²) in [6.45, 7) is 2.79. The monoisotopic (exact) mass is 265 g/mol. The Balaban J connectivity index is 1.77. The summed E-state index contributed by atoms with van der Waals surface area (Å²) in [6, 6.07) is 6.63. The molecule has 3 N–H and O–H groups in total. The molecule has 0 radical (unpaired) electrons. The van der Waals surface area contributed by atoms with E-state index in [0.717, 1.165) is 38.0 Å². The van der Waals surface area contributed by atoms with E-state index in [1.807, 2.05) is 12.1 Å². The minimum atomic E-state index is -0.199. The van der Waals surface area contributed by atoms with Gasteiger partial charge in [-0.05, 0) is 49.5 Å². The maximum Gasteiger partial charge on any atom is 0.234 e. The van der Waals surface area contributed by atoms with Gasteiger partial charge in [-0.15, -0.1) is 0 Å². The van der Waals surface area contributed by atoms with Crippen LogP contribution >= 0.6 is 0 Å². The molecule has 0 saturated carbocycles. The lowest BCUT2D eigenvalue weighted by molar-refractivity contribution is -0.122. The summed E-state index contributed by atoms with van der Waals surface area (Å²) >= 11 is 0. The van der Waals surface area contributed by atoms with Gasteiger partial charge in [-0.2, -0.15) is 0 Å². The lowest BCUT2D eigenvalue weighted by Crippen LogP contribution is -2.37. The van der Waals surface area contributed by atoms with Gasteiger partial charge in [0.15, 0.2) is 0 Å². The molecule has 0 bridgehead atoms. The molecular formula is C14H20FN3O. The van der Waals surface area contributed by atoms with Gasteiger partial charge in [0, 0.05) is 13.0 Å². The van der Waals surface area contributed by atoms with Crippen LogP contribution in [0.15, 0.2) is 24.3 Å². The zero-order chi connectivity index (χ0) is 13.7. The molecule has 4 nitrogen and oxygen atoms in total. The van der Waals surface area contributed by atoms with Crippen LogP contribution in [0.1, 0.15) is 24.8 Å². The van der Waals surface area contributed by atoms with Crippen molar-refractivity contribution in [2.75, 3.05) is 13.1 Å². The smallest absolute Gasteiger partial charge is 0.234 e. The fourth-order valence-electron chi connectivity index (χ4n) is 2.52. The highest BCUT2D eigenvalue weighted by molar-refractivity contribution is 5.75. The molecule has 0 unspecified atom stereocenters. The second-order valence-electron chi connectivity index (χ2n) is 5.12. The Hall–Kier alpha value is -1.46. The molecule has 2 rings (SSSR count). The van der Waals surface area contributed by atoms with E-state index in [4.69, 9.17) is 5.84 Å². The fraction of sp³-hybridized carbons (Fsp3) is 0.500. The van der Waals surface area contributed by atoms with Crippen molar-refractivity contribution < 1.29 is 9.18 Å². The Labute approximate surface area is 112 Å². The Morgan fingerprint density at radius 3 is 2.53 bits per heavy atom. The summed E-state index contributed by atoms with van der Waals surface area (Å²) in [4.78, 5) is 13.5. The van der Waals surface area contributed by atoms with Crippen molar-refractivity contribution in [3.63, 3.8) is 0 Å². The van der Waals surface area contributed by atoms with Gasteiger partial charge >= 0.3 is 0 Å². The average Bonchev–Trinajstić information content (AvgIpc) is 2.43.